The fourth-order valence-corrected chi connectivity index (χ4v) is 2.64. The molecule has 0 unspecified atom stereocenters. The maximum absolute atomic E-state index is 12.2. The number of thiazole rings is 1. The summed E-state index contributed by atoms with van der Waals surface area (Å²) in [7, 11) is 0. The van der Waals surface area contributed by atoms with Gasteiger partial charge in [0.1, 0.15) is 6.04 Å². The molecule has 2 aromatic rings. The fourth-order valence-electron chi connectivity index (χ4n) is 2.02. The van der Waals surface area contributed by atoms with Gasteiger partial charge in [0, 0.05) is 16.5 Å². The van der Waals surface area contributed by atoms with Crippen LogP contribution in [-0.4, -0.2) is 16.9 Å². The molecule has 0 aliphatic heterocycles. The van der Waals surface area contributed by atoms with E-state index in [2.05, 4.69) is 16.4 Å². The molecule has 1 aromatic heterocycles. The standard InChI is InChI=1S/C16H17N3OS/c1-3-5-14(9-17)19-16(20)13-7-4-6-12(8-13)15-10-21-11(2)18-15/h4,6-8,10,14H,3,5H2,1-2H3,(H,19,20)/t14-/m1/s1. The minimum absolute atomic E-state index is 0.219. The molecule has 1 aromatic carbocycles. The Morgan fingerprint density at radius 3 is 2.95 bits per heavy atom. The summed E-state index contributed by atoms with van der Waals surface area (Å²) < 4.78 is 0. The van der Waals surface area contributed by atoms with Crippen molar-refractivity contribution in [3.8, 4) is 17.3 Å². The van der Waals surface area contributed by atoms with Crippen LogP contribution in [0.2, 0.25) is 0 Å². The maximum atomic E-state index is 12.2. The Kier molecular flexibility index (Phi) is 5.07. The monoisotopic (exact) mass is 299 g/mol. The summed E-state index contributed by atoms with van der Waals surface area (Å²) in [5.41, 5.74) is 2.34. The number of nitrogens with zero attached hydrogens (tertiary/aromatic N) is 2. The average Bonchev–Trinajstić information content (AvgIpc) is 2.93. The molecule has 5 heteroatoms. The molecule has 0 spiro atoms. The highest BCUT2D eigenvalue weighted by Crippen LogP contribution is 2.22. The number of rotatable bonds is 5. The number of carbonyl (C=O) groups is 1. The molecule has 0 bridgehead atoms. The van der Waals surface area contributed by atoms with Gasteiger partial charge in [-0.2, -0.15) is 5.26 Å². The van der Waals surface area contributed by atoms with Gasteiger partial charge in [0.2, 0.25) is 0 Å². The van der Waals surface area contributed by atoms with E-state index in [0.717, 1.165) is 22.7 Å². The molecule has 0 radical (unpaired) electrons. The van der Waals surface area contributed by atoms with Gasteiger partial charge in [0.05, 0.1) is 16.8 Å². The Bertz CT molecular complexity index is 672. The highest BCUT2D eigenvalue weighted by molar-refractivity contribution is 7.09. The largest absolute Gasteiger partial charge is 0.336 e. The van der Waals surface area contributed by atoms with Crippen LogP contribution < -0.4 is 5.32 Å². The molecule has 4 nitrogen and oxygen atoms in total. The van der Waals surface area contributed by atoms with Crippen LogP contribution in [0.4, 0.5) is 0 Å². The van der Waals surface area contributed by atoms with Crippen LogP contribution in [0.1, 0.15) is 35.1 Å². The lowest BCUT2D eigenvalue weighted by molar-refractivity contribution is 0.0944. The number of nitrogens with one attached hydrogen (secondary N) is 1. The minimum atomic E-state index is -0.437. The van der Waals surface area contributed by atoms with Crippen LogP contribution in [0.3, 0.4) is 0 Å². The summed E-state index contributed by atoms with van der Waals surface area (Å²) >= 11 is 1.58. The summed E-state index contributed by atoms with van der Waals surface area (Å²) in [6, 6.07) is 8.99. The molecule has 108 valence electrons. The quantitative estimate of drug-likeness (QED) is 0.918. The summed E-state index contributed by atoms with van der Waals surface area (Å²) in [4.78, 5) is 16.6. The zero-order chi connectivity index (χ0) is 15.2. The number of hydrogen-bond donors (Lipinski definition) is 1. The molecular formula is C16H17N3OS. The highest BCUT2D eigenvalue weighted by atomic mass is 32.1. The van der Waals surface area contributed by atoms with Crippen molar-refractivity contribution in [3.63, 3.8) is 0 Å². The van der Waals surface area contributed by atoms with Crippen molar-refractivity contribution in [2.45, 2.75) is 32.7 Å². The molecule has 2 rings (SSSR count). The van der Waals surface area contributed by atoms with E-state index in [1.807, 2.05) is 37.4 Å². The Labute approximate surface area is 128 Å². The van der Waals surface area contributed by atoms with Crippen molar-refractivity contribution >= 4 is 17.2 Å². The van der Waals surface area contributed by atoms with E-state index in [4.69, 9.17) is 5.26 Å². The predicted molar refractivity (Wildman–Crippen MR) is 84.1 cm³/mol. The normalized spacial score (nSPS) is 11.7. The first-order chi connectivity index (χ1) is 10.1. The zero-order valence-corrected chi connectivity index (χ0v) is 12.9. The van der Waals surface area contributed by atoms with Gasteiger partial charge in [-0.1, -0.05) is 25.5 Å². The lowest BCUT2D eigenvalue weighted by Gasteiger charge is -2.10. The molecule has 1 amide bonds. The van der Waals surface area contributed by atoms with Crippen molar-refractivity contribution in [2.75, 3.05) is 0 Å². The van der Waals surface area contributed by atoms with Crippen LogP contribution in [0.5, 0.6) is 0 Å². The van der Waals surface area contributed by atoms with Crippen LogP contribution in [0, 0.1) is 18.3 Å². The third-order valence-corrected chi connectivity index (χ3v) is 3.85. The van der Waals surface area contributed by atoms with Crippen molar-refractivity contribution in [2.24, 2.45) is 0 Å². The van der Waals surface area contributed by atoms with E-state index in [1.165, 1.54) is 0 Å². The van der Waals surface area contributed by atoms with Crippen LogP contribution in [0.25, 0.3) is 11.3 Å². The fraction of sp³-hybridized carbons (Fsp3) is 0.312. The second kappa shape index (κ2) is 7.00. The lowest BCUT2D eigenvalue weighted by Crippen LogP contribution is -2.33. The number of carbonyl (C=O) groups excluding carboxylic acids is 1. The summed E-state index contributed by atoms with van der Waals surface area (Å²) in [6.45, 7) is 3.94. The van der Waals surface area contributed by atoms with Crippen LogP contribution in [-0.2, 0) is 0 Å². The first-order valence-corrected chi connectivity index (χ1v) is 7.75. The van der Waals surface area contributed by atoms with Crippen molar-refractivity contribution < 1.29 is 4.79 Å². The molecule has 0 saturated heterocycles. The molecule has 0 aliphatic rings. The van der Waals surface area contributed by atoms with E-state index in [0.29, 0.717) is 12.0 Å². The number of aromatic nitrogens is 1. The minimum Gasteiger partial charge on any atom is -0.336 e. The number of aryl methyl sites for hydroxylation is 1. The Balaban J connectivity index is 2.17. The van der Waals surface area contributed by atoms with Gasteiger partial charge < -0.3 is 5.32 Å². The van der Waals surface area contributed by atoms with Gasteiger partial charge in [-0.3, -0.25) is 4.79 Å². The van der Waals surface area contributed by atoms with E-state index >= 15 is 0 Å². The van der Waals surface area contributed by atoms with Crippen molar-refractivity contribution in [1.82, 2.24) is 10.3 Å². The first-order valence-electron chi connectivity index (χ1n) is 6.87. The predicted octanol–water partition coefficient (Wildman–Crippen LogP) is 3.54. The Morgan fingerprint density at radius 2 is 2.33 bits per heavy atom. The van der Waals surface area contributed by atoms with Gasteiger partial charge >= 0.3 is 0 Å². The summed E-state index contributed by atoms with van der Waals surface area (Å²) in [5, 5.41) is 14.7. The van der Waals surface area contributed by atoms with Crippen molar-refractivity contribution in [1.29, 1.82) is 5.26 Å². The van der Waals surface area contributed by atoms with E-state index in [9.17, 15) is 4.79 Å². The third-order valence-electron chi connectivity index (χ3n) is 3.08. The van der Waals surface area contributed by atoms with Crippen LogP contribution >= 0.6 is 11.3 Å². The van der Waals surface area contributed by atoms with Gasteiger partial charge in [-0.25, -0.2) is 4.98 Å². The zero-order valence-electron chi connectivity index (χ0n) is 12.1. The Morgan fingerprint density at radius 1 is 1.52 bits per heavy atom. The smallest absolute Gasteiger partial charge is 0.252 e. The molecular weight excluding hydrogens is 282 g/mol. The highest BCUT2D eigenvalue weighted by Gasteiger charge is 2.13. The van der Waals surface area contributed by atoms with Crippen LogP contribution in [0.15, 0.2) is 29.6 Å². The van der Waals surface area contributed by atoms with E-state index < -0.39 is 6.04 Å². The second-order valence-electron chi connectivity index (χ2n) is 4.78. The summed E-state index contributed by atoms with van der Waals surface area (Å²) in [6.07, 6.45) is 1.52. The topological polar surface area (TPSA) is 65.8 Å². The molecule has 0 saturated carbocycles. The lowest BCUT2D eigenvalue weighted by atomic mass is 10.1. The Hall–Kier alpha value is -2.19. The second-order valence-corrected chi connectivity index (χ2v) is 5.84. The van der Waals surface area contributed by atoms with Crippen molar-refractivity contribution in [3.05, 3.63) is 40.2 Å². The van der Waals surface area contributed by atoms with Gasteiger partial charge in [0.25, 0.3) is 5.91 Å². The number of hydrogen-bond acceptors (Lipinski definition) is 4. The SMILES string of the molecule is CCC[C@H](C#N)NC(=O)c1cccc(-c2csc(C)n2)c1. The number of amides is 1. The molecule has 1 atom stereocenters. The molecule has 0 aliphatic carbocycles. The molecule has 21 heavy (non-hydrogen) atoms. The molecule has 1 N–H and O–H groups in total. The summed E-state index contributed by atoms with van der Waals surface area (Å²) in [5.74, 6) is -0.219. The van der Waals surface area contributed by atoms with Gasteiger partial charge in [0.15, 0.2) is 0 Å². The maximum Gasteiger partial charge on any atom is 0.252 e. The molecule has 0 fully saturated rings. The third kappa shape index (κ3) is 3.89. The van der Waals surface area contributed by atoms with Gasteiger partial charge in [-0.05, 0) is 25.5 Å². The molecule has 1 heterocycles. The number of nitriles is 1. The van der Waals surface area contributed by atoms with E-state index in [-0.39, 0.29) is 5.91 Å². The average molecular weight is 299 g/mol. The number of benzene rings is 1. The first kappa shape index (κ1) is 15.2. The van der Waals surface area contributed by atoms with E-state index in [1.54, 1.807) is 17.4 Å². The van der Waals surface area contributed by atoms with Gasteiger partial charge in [-0.15, -0.1) is 11.3 Å².